The molecule has 0 aliphatic heterocycles. The number of benzene rings is 2. The maximum Gasteiger partial charge on any atom is 0.416 e. The Bertz CT molecular complexity index is 1090. The molecule has 4 rings (SSSR count). The van der Waals surface area contributed by atoms with Crippen molar-refractivity contribution in [1.82, 2.24) is 15.0 Å². The Morgan fingerprint density at radius 3 is 2.13 bits per heavy atom. The molecule has 0 saturated heterocycles. The van der Waals surface area contributed by atoms with Gasteiger partial charge in [-0.1, -0.05) is 12.1 Å². The molecule has 30 heavy (non-hydrogen) atoms. The Morgan fingerprint density at radius 1 is 0.767 bits per heavy atom. The van der Waals surface area contributed by atoms with Crippen molar-refractivity contribution in [3.05, 3.63) is 78.8 Å². The van der Waals surface area contributed by atoms with Crippen LogP contribution in [0, 0.1) is 113 Å². The van der Waals surface area contributed by atoms with Crippen molar-refractivity contribution in [3.8, 4) is 11.3 Å². The molecule has 1 N–H and O–H groups in total. The van der Waals surface area contributed by atoms with Gasteiger partial charge < -0.3 is 5.32 Å². The fourth-order valence-corrected chi connectivity index (χ4v) is 2.73. The summed E-state index contributed by atoms with van der Waals surface area (Å²) in [6, 6.07) is 16.1. The first-order chi connectivity index (χ1) is 13.0. The number of nitrogens with zero attached hydrogens (tertiary/aromatic N) is 3. The van der Waals surface area contributed by atoms with E-state index in [0.717, 1.165) is 28.8 Å². The summed E-state index contributed by atoms with van der Waals surface area (Å²) in [6.45, 7) is 0. The van der Waals surface area contributed by atoms with Gasteiger partial charge in [-0.15, -0.1) is 0 Å². The molecular formula is C20H13Ar3F3N4. The number of hydrogen-bond acceptors (Lipinski definition) is 4. The molecule has 0 fully saturated rings. The van der Waals surface area contributed by atoms with Gasteiger partial charge in [-0.2, -0.15) is 13.2 Å². The minimum Gasteiger partial charge on any atom is -0.340 e. The van der Waals surface area contributed by atoms with Crippen LogP contribution in [0.3, 0.4) is 0 Å². The van der Waals surface area contributed by atoms with Crippen molar-refractivity contribution < 1.29 is 126 Å². The third-order valence-electron chi connectivity index (χ3n) is 4.07. The topological polar surface area (TPSA) is 50.7 Å². The molecule has 0 aliphatic carbocycles. The third-order valence-corrected chi connectivity index (χ3v) is 4.07. The van der Waals surface area contributed by atoms with E-state index in [1.54, 1.807) is 6.20 Å². The van der Waals surface area contributed by atoms with E-state index in [2.05, 4.69) is 20.3 Å². The van der Waals surface area contributed by atoms with Crippen LogP contribution in [0.25, 0.3) is 22.2 Å². The average Bonchev–Trinajstić information content (AvgIpc) is 2.68. The summed E-state index contributed by atoms with van der Waals surface area (Å²) >= 11 is 0. The minimum atomic E-state index is -4.36. The molecule has 0 spiro atoms. The number of nitrogens with one attached hydrogen (secondary N) is 1. The monoisotopic (exact) mass is 486 g/mol. The van der Waals surface area contributed by atoms with Crippen LogP contribution in [0.2, 0.25) is 0 Å². The summed E-state index contributed by atoms with van der Waals surface area (Å²) in [5.74, 6) is 0.521. The zero-order valence-corrected chi connectivity index (χ0v) is 17.1. The number of alkyl halides is 3. The summed E-state index contributed by atoms with van der Waals surface area (Å²) < 4.78 is 38.1. The van der Waals surface area contributed by atoms with Crippen molar-refractivity contribution >= 4 is 22.4 Å². The maximum atomic E-state index is 12.7. The Labute approximate surface area is 261 Å². The van der Waals surface area contributed by atoms with Crippen molar-refractivity contribution in [2.45, 2.75) is 6.18 Å². The molecule has 2 aromatic carbocycles. The molecule has 158 valence electrons. The van der Waals surface area contributed by atoms with Gasteiger partial charge in [0.1, 0.15) is 12.1 Å². The van der Waals surface area contributed by atoms with E-state index in [-0.39, 0.29) is 113 Å². The largest absolute Gasteiger partial charge is 0.416 e. The van der Waals surface area contributed by atoms with Gasteiger partial charge >= 0.3 is 6.18 Å². The van der Waals surface area contributed by atoms with Gasteiger partial charge in [0.05, 0.1) is 16.8 Å². The second-order valence-corrected chi connectivity index (χ2v) is 5.87. The average molecular weight is 486 g/mol. The standard InChI is InChI=1S/C20H13F3N4.3Ar/c21-20(22,23)14-5-7-15(8-6-14)27-19-16-9-4-13(11-18(16)25-12-26-19)17-3-1-2-10-24-17;;;/h1-12H,(H,25,26,27);;;. The number of pyridine rings is 1. The quantitative estimate of drug-likeness (QED) is 0.419. The molecule has 0 unspecified atom stereocenters. The summed E-state index contributed by atoms with van der Waals surface area (Å²) in [7, 11) is 0. The van der Waals surface area contributed by atoms with E-state index in [0.29, 0.717) is 17.0 Å². The summed E-state index contributed by atoms with van der Waals surface area (Å²) in [5.41, 5.74) is 2.28. The van der Waals surface area contributed by atoms with Gasteiger partial charge in [0.15, 0.2) is 0 Å². The molecule has 4 aromatic rings. The maximum absolute atomic E-state index is 12.7. The molecule has 0 aliphatic rings. The predicted octanol–water partition coefficient (Wildman–Crippen LogP) is 5.45. The first kappa shape index (κ1) is 28.3. The smallest absolute Gasteiger partial charge is 0.340 e. The Balaban J connectivity index is 0.00000150. The third kappa shape index (κ3) is 6.90. The number of fused-ring (bicyclic) bond motifs is 1. The first-order valence-electron chi connectivity index (χ1n) is 8.11. The normalized spacial score (nSPS) is 10.4. The van der Waals surface area contributed by atoms with E-state index < -0.39 is 11.7 Å². The van der Waals surface area contributed by atoms with Crippen LogP contribution in [-0.4, -0.2) is 15.0 Å². The van der Waals surface area contributed by atoms with Crippen LogP contribution in [0.4, 0.5) is 24.7 Å². The minimum absolute atomic E-state index is 0. The van der Waals surface area contributed by atoms with Crippen LogP contribution < -0.4 is 5.32 Å². The zero-order chi connectivity index (χ0) is 18.9. The summed E-state index contributed by atoms with van der Waals surface area (Å²) in [6.07, 6.45) is -1.23. The van der Waals surface area contributed by atoms with Gasteiger partial charge in [-0.25, -0.2) is 9.97 Å². The van der Waals surface area contributed by atoms with Crippen molar-refractivity contribution in [3.63, 3.8) is 0 Å². The molecule has 0 saturated carbocycles. The number of anilines is 2. The SMILES string of the molecule is FC(F)(F)c1ccc(Nc2ncnc3cc(-c4ccccn4)ccc23)cc1.[Ar].[Ar].[Ar]. The van der Waals surface area contributed by atoms with Crippen LogP contribution in [0.5, 0.6) is 0 Å². The number of halogens is 3. The number of rotatable bonds is 3. The van der Waals surface area contributed by atoms with E-state index in [1.165, 1.54) is 18.5 Å². The molecule has 0 amide bonds. The molecular weight excluding hydrogens is 473 g/mol. The zero-order valence-electron chi connectivity index (χ0n) is 15.0. The fourth-order valence-electron chi connectivity index (χ4n) is 2.73. The summed E-state index contributed by atoms with van der Waals surface area (Å²) in [5, 5.41) is 3.81. The molecule has 10 heteroatoms. The molecule has 0 bridgehead atoms. The van der Waals surface area contributed by atoms with E-state index >= 15 is 0 Å². The molecule has 4 nitrogen and oxygen atoms in total. The molecule has 0 radical (unpaired) electrons. The van der Waals surface area contributed by atoms with Crippen LogP contribution in [-0.2, 0) is 6.18 Å². The van der Waals surface area contributed by atoms with Gasteiger partial charge in [0.2, 0.25) is 0 Å². The van der Waals surface area contributed by atoms with Crippen LogP contribution in [0.15, 0.2) is 73.2 Å². The second-order valence-electron chi connectivity index (χ2n) is 5.87. The van der Waals surface area contributed by atoms with Gasteiger partial charge in [0, 0.05) is 136 Å². The Hall–Kier alpha value is 0.299. The Morgan fingerprint density at radius 2 is 1.50 bits per heavy atom. The van der Waals surface area contributed by atoms with E-state index in [9.17, 15) is 13.2 Å². The Kier molecular flexibility index (Phi) is 11.8. The van der Waals surface area contributed by atoms with Crippen LogP contribution >= 0.6 is 0 Å². The molecule has 2 heterocycles. The summed E-state index contributed by atoms with van der Waals surface area (Å²) in [4.78, 5) is 12.8. The first-order valence-corrected chi connectivity index (χ1v) is 8.11. The number of hydrogen-bond donors (Lipinski definition) is 1. The fraction of sp³-hybridized carbons (Fsp3) is 0.0500. The second kappa shape index (κ2) is 12.5. The molecule has 2 aromatic heterocycles. The van der Waals surface area contributed by atoms with E-state index in [1.807, 2.05) is 36.4 Å². The van der Waals surface area contributed by atoms with E-state index in [4.69, 9.17) is 0 Å². The van der Waals surface area contributed by atoms with Crippen molar-refractivity contribution in [1.29, 1.82) is 0 Å². The van der Waals surface area contributed by atoms with Gasteiger partial charge in [-0.05, 0) is 48.5 Å². The van der Waals surface area contributed by atoms with Crippen molar-refractivity contribution in [2.75, 3.05) is 5.32 Å². The number of aromatic nitrogens is 3. The molecule has 0 atom stereocenters. The van der Waals surface area contributed by atoms with Crippen molar-refractivity contribution in [2.24, 2.45) is 0 Å². The van der Waals surface area contributed by atoms with Crippen LogP contribution in [0.1, 0.15) is 5.56 Å². The van der Waals surface area contributed by atoms with Gasteiger partial charge in [0.25, 0.3) is 0 Å². The van der Waals surface area contributed by atoms with Gasteiger partial charge in [-0.3, -0.25) is 4.98 Å². The predicted molar refractivity (Wildman–Crippen MR) is 97.5 cm³/mol.